The Balaban J connectivity index is 1.75. The van der Waals surface area contributed by atoms with Crippen LogP contribution in [0.4, 0.5) is 5.13 Å². The molecule has 1 aromatic carbocycles. The van der Waals surface area contributed by atoms with Gasteiger partial charge in [-0.1, -0.05) is 49.1 Å². The fraction of sp³-hybridized carbons (Fsp3) is 0.263. The lowest BCUT2D eigenvalue weighted by Crippen LogP contribution is -2.22. The summed E-state index contributed by atoms with van der Waals surface area (Å²) >= 11 is 2.73. The number of nitriles is 1. The van der Waals surface area contributed by atoms with E-state index in [2.05, 4.69) is 21.4 Å². The molecule has 1 N–H and O–H groups in total. The van der Waals surface area contributed by atoms with E-state index in [9.17, 15) is 10.1 Å². The first-order chi connectivity index (χ1) is 12.5. The number of benzene rings is 1. The van der Waals surface area contributed by atoms with E-state index in [0.29, 0.717) is 15.7 Å². The number of nitrogens with zero attached hydrogens (tertiary/aromatic N) is 3. The van der Waals surface area contributed by atoms with Crippen molar-refractivity contribution in [1.29, 1.82) is 5.26 Å². The third-order valence-electron chi connectivity index (χ3n) is 3.78. The fourth-order valence-corrected chi connectivity index (χ4v) is 4.07. The minimum atomic E-state index is -0.399. The van der Waals surface area contributed by atoms with Crippen LogP contribution in [0.5, 0.6) is 0 Å². The third kappa shape index (κ3) is 4.03. The number of fused-ring (bicyclic) bond motifs is 1. The number of amides is 1. The summed E-state index contributed by atoms with van der Waals surface area (Å²) in [7, 11) is 0. The molecule has 3 rings (SSSR count). The van der Waals surface area contributed by atoms with Gasteiger partial charge in [0, 0.05) is 5.69 Å². The Morgan fingerprint density at radius 3 is 2.65 bits per heavy atom. The van der Waals surface area contributed by atoms with Crippen LogP contribution in [0.2, 0.25) is 0 Å². The van der Waals surface area contributed by atoms with E-state index in [1.54, 1.807) is 13.0 Å². The number of nitrogens with one attached hydrogen (secondary N) is 1. The Bertz CT molecular complexity index is 958. The molecule has 1 amide bonds. The van der Waals surface area contributed by atoms with Crippen molar-refractivity contribution in [2.45, 2.75) is 37.0 Å². The molecule has 0 aliphatic carbocycles. The quantitative estimate of drug-likeness (QED) is 0.641. The van der Waals surface area contributed by atoms with Crippen LogP contribution in [0.3, 0.4) is 0 Å². The minimum Gasteiger partial charge on any atom is -0.301 e. The average molecular weight is 383 g/mol. The number of thiazole rings is 1. The van der Waals surface area contributed by atoms with Gasteiger partial charge in [0.2, 0.25) is 5.91 Å². The number of anilines is 1. The van der Waals surface area contributed by atoms with Gasteiger partial charge < -0.3 is 5.32 Å². The van der Waals surface area contributed by atoms with Crippen LogP contribution in [0.15, 0.2) is 41.4 Å². The standard InChI is InChI=1S/C19H18N4OS2/c1-11(2)14-9-8-13(10-20)18(21-14)25-12(3)17(24)23-19-22-15-6-4-5-7-16(15)26-19/h4-9,11-12H,1-3H3,(H,22,23,24). The highest BCUT2D eigenvalue weighted by molar-refractivity contribution is 8.00. The first kappa shape index (κ1) is 18.4. The van der Waals surface area contributed by atoms with Crippen LogP contribution in [-0.4, -0.2) is 21.1 Å². The lowest BCUT2D eigenvalue weighted by Gasteiger charge is -2.13. The van der Waals surface area contributed by atoms with E-state index in [-0.39, 0.29) is 11.8 Å². The Kier molecular flexibility index (Phi) is 5.55. The molecule has 0 aliphatic heterocycles. The zero-order valence-corrected chi connectivity index (χ0v) is 16.3. The molecule has 2 heterocycles. The normalized spacial score (nSPS) is 12.1. The maximum Gasteiger partial charge on any atom is 0.239 e. The van der Waals surface area contributed by atoms with Crippen LogP contribution in [0.25, 0.3) is 10.2 Å². The zero-order chi connectivity index (χ0) is 18.7. The summed E-state index contributed by atoms with van der Waals surface area (Å²) in [5.74, 6) is 0.101. The molecule has 0 aliphatic rings. The smallest absolute Gasteiger partial charge is 0.239 e. The van der Waals surface area contributed by atoms with Gasteiger partial charge in [-0.05, 0) is 37.1 Å². The van der Waals surface area contributed by atoms with Crippen LogP contribution in [0.1, 0.15) is 37.9 Å². The molecule has 26 heavy (non-hydrogen) atoms. The van der Waals surface area contributed by atoms with Crippen molar-refractivity contribution in [3.63, 3.8) is 0 Å². The summed E-state index contributed by atoms with van der Waals surface area (Å²) < 4.78 is 1.03. The summed E-state index contributed by atoms with van der Waals surface area (Å²) in [5.41, 5.74) is 2.26. The van der Waals surface area contributed by atoms with E-state index < -0.39 is 5.25 Å². The van der Waals surface area contributed by atoms with Crippen molar-refractivity contribution < 1.29 is 4.79 Å². The molecule has 2 aromatic heterocycles. The van der Waals surface area contributed by atoms with Gasteiger partial charge in [0.1, 0.15) is 11.1 Å². The number of thioether (sulfide) groups is 1. The second-order valence-electron chi connectivity index (χ2n) is 6.09. The van der Waals surface area contributed by atoms with Crippen molar-refractivity contribution in [1.82, 2.24) is 9.97 Å². The van der Waals surface area contributed by atoms with E-state index >= 15 is 0 Å². The monoisotopic (exact) mass is 382 g/mol. The van der Waals surface area contributed by atoms with Crippen molar-refractivity contribution >= 4 is 44.4 Å². The SMILES string of the molecule is CC(Sc1nc(C(C)C)ccc1C#N)C(=O)Nc1nc2ccccc2s1. The molecule has 5 nitrogen and oxygen atoms in total. The average Bonchev–Trinajstić information content (AvgIpc) is 3.03. The Labute approximate surface area is 160 Å². The minimum absolute atomic E-state index is 0.158. The van der Waals surface area contributed by atoms with Crippen molar-refractivity contribution in [2.75, 3.05) is 5.32 Å². The molecule has 3 aromatic rings. The maximum atomic E-state index is 12.5. The van der Waals surface area contributed by atoms with Crippen LogP contribution >= 0.6 is 23.1 Å². The van der Waals surface area contributed by atoms with E-state index in [0.717, 1.165) is 15.9 Å². The fourth-order valence-electron chi connectivity index (χ4n) is 2.30. The number of aromatic nitrogens is 2. The van der Waals surface area contributed by atoms with Gasteiger partial charge in [-0.3, -0.25) is 4.79 Å². The van der Waals surface area contributed by atoms with Gasteiger partial charge in [0.25, 0.3) is 0 Å². The Hall–Kier alpha value is -2.43. The molecule has 0 spiro atoms. The molecular formula is C19H18N4OS2. The second kappa shape index (κ2) is 7.85. The molecule has 0 saturated carbocycles. The number of para-hydroxylation sites is 1. The van der Waals surface area contributed by atoms with E-state index in [4.69, 9.17) is 0 Å². The van der Waals surface area contributed by atoms with Gasteiger partial charge in [-0.2, -0.15) is 5.26 Å². The van der Waals surface area contributed by atoms with Gasteiger partial charge in [-0.15, -0.1) is 0 Å². The Morgan fingerprint density at radius 1 is 1.19 bits per heavy atom. The van der Waals surface area contributed by atoms with Gasteiger partial charge in [0.05, 0.1) is 21.0 Å². The van der Waals surface area contributed by atoms with Crippen molar-refractivity contribution in [3.8, 4) is 6.07 Å². The zero-order valence-electron chi connectivity index (χ0n) is 14.7. The van der Waals surface area contributed by atoms with Crippen molar-refractivity contribution in [2.24, 2.45) is 0 Å². The maximum absolute atomic E-state index is 12.5. The molecule has 0 saturated heterocycles. The highest BCUT2D eigenvalue weighted by Crippen LogP contribution is 2.29. The van der Waals surface area contributed by atoms with Crippen LogP contribution in [0, 0.1) is 11.3 Å². The summed E-state index contributed by atoms with van der Waals surface area (Å²) in [6, 6.07) is 13.5. The highest BCUT2D eigenvalue weighted by atomic mass is 32.2. The predicted molar refractivity (Wildman–Crippen MR) is 107 cm³/mol. The third-order valence-corrected chi connectivity index (χ3v) is 5.83. The number of hydrogen-bond acceptors (Lipinski definition) is 6. The second-order valence-corrected chi connectivity index (χ2v) is 8.45. The molecular weight excluding hydrogens is 364 g/mol. The summed E-state index contributed by atoms with van der Waals surface area (Å²) in [4.78, 5) is 21.5. The molecule has 1 unspecified atom stereocenters. The number of pyridine rings is 1. The van der Waals surface area contributed by atoms with Crippen LogP contribution < -0.4 is 5.32 Å². The highest BCUT2D eigenvalue weighted by Gasteiger charge is 2.19. The van der Waals surface area contributed by atoms with E-state index in [1.165, 1.54) is 23.1 Å². The lowest BCUT2D eigenvalue weighted by atomic mass is 10.1. The molecule has 0 radical (unpaired) electrons. The van der Waals surface area contributed by atoms with Gasteiger partial charge in [-0.25, -0.2) is 9.97 Å². The molecule has 7 heteroatoms. The van der Waals surface area contributed by atoms with E-state index in [1.807, 2.05) is 44.2 Å². The van der Waals surface area contributed by atoms with Gasteiger partial charge >= 0.3 is 0 Å². The predicted octanol–water partition coefficient (Wildman–Crippen LogP) is 4.81. The summed E-state index contributed by atoms with van der Waals surface area (Å²) in [6.07, 6.45) is 0. The van der Waals surface area contributed by atoms with Gasteiger partial charge in [0.15, 0.2) is 5.13 Å². The van der Waals surface area contributed by atoms with Crippen LogP contribution in [-0.2, 0) is 4.79 Å². The molecule has 0 bridgehead atoms. The summed E-state index contributed by atoms with van der Waals surface area (Å²) in [5, 5.41) is 12.9. The first-order valence-electron chi connectivity index (χ1n) is 8.22. The number of carbonyl (C=O) groups excluding carboxylic acids is 1. The Morgan fingerprint density at radius 2 is 1.96 bits per heavy atom. The topological polar surface area (TPSA) is 78.7 Å². The number of hydrogen-bond donors (Lipinski definition) is 1. The molecule has 0 fully saturated rings. The molecule has 132 valence electrons. The number of rotatable bonds is 5. The summed E-state index contributed by atoms with van der Waals surface area (Å²) in [6.45, 7) is 5.90. The largest absolute Gasteiger partial charge is 0.301 e. The van der Waals surface area contributed by atoms with Crippen molar-refractivity contribution in [3.05, 3.63) is 47.7 Å². The molecule has 1 atom stereocenters. The lowest BCUT2D eigenvalue weighted by molar-refractivity contribution is -0.115. The number of carbonyl (C=O) groups is 1. The first-order valence-corrected chi connectivity index (χ1v) is 9.91.